The van der Waals surface area contributed by atoms with Gasteiger partial charge in [0.05, 0.1) is 2.74 Å². The minimum atomic E-state index is -1.72. The lowest BCUT2D eigenvalue weighted by molar-refractivity contribution is -0.134. The zero-order chi connectivity index (χ0) is 8.31. The molecule has 0 rings (SSSR count). The second-order valence-corrected chi connectivity index (χ2v) is 0.860. The first kappa shape index (κ1) is 3.65. The van der Waals surface area contributed by atoms with Crippen LogP contribution in [-0.4, -0.2) is 22.2 Å². The summed E-state index contributed by atoms with van der Waals surface area (Å²) in [4.78, 5) is 19.6. The lowest BCUT2D eigenvalue weighted by Gasteiger charge is -1.74. The molecule has 4 nitrogen and oxygen atoms in total. The summed E-state index contributed by atoms with van der Waals surface area (Å²) in [5.41, 5.74) is 0. The number of carbonyl (C=O) groups is 2. The van der Waals surface area contributed by atoms with Crippen LogP contribution in [-0.2, 0) is 9.59 Å². The fourth-order valence-corrected chi connectivity index (χ4v) is 0.107. The Labute approximate surface area is 47.9 Å². The maximum atomic E-state index is 9.82. The molecule has 0 amide bonds. The Morgan fingerprint density at radius 2 is 1.50 bits per heavy atom. The molecule has 0 saturated heterocycles. The van der Waals surface area contributed by atoms with Crippen LogP contribution in [0.4, 0.5) is 0 Å². The van der Waals surface area contributed by atoms with E-state index in [1.54, 1.807) is 0 Å². The molecule has 0 atom stereocenters. The molecule has 0 saturated carbocycles. The van der Waals surface area contributed by atoms with Gasteiger partial charge in [-0.1, -0.05) is 0 Å². The van der Waals surface area contributed by atoms with Crippen molar-refractivity contribution >= 4 is 11.9 Å². The number of carboxylic acid groups (broad SMARTS) is 2. The van der Waals surface area contributed by atoms with Crippen molar-refractivity contribution in [2.24, 2.45) is 0 Å². The maximum absolute atomic E-state index is 9.82. The standard InChI is InChI=1S/C4H4O4/c5-3(6)1-2-4(7)8/h1-2H,(H,5,6)(H,7,8)/b2-1+/i1D,2D. The first-order chi connectivity index (χ1) is 4.46. The second kappa shape index (κ2) is 2.79. The predicted molar refractivity (Wildman–Crippen MR) is 24.4 cm³/mol. The van der Waals surface area contributed by atoms with Gasteiger partial charge in [0, 0.05) is 12.1 Å². The van der Waals surface area contributed by atoms with Crippen LogP contribution in [0, 0.1) is 0 Å². The minimum absolute atomic E-state index is 1.22. The highest BCUT2D eigenvalue weighted by molar-refractivity contribution is 5.89. The SMILES string of the molecule is [2H]/C(C(=O)O)=C(/[2H])C(=O)O. The Hall–Kier alpha value is -1.32. The number of hydrogen-bond acceptors (Lipinski definition) is 2. The molecule has 0 aromatic heterocycles. The van der Waals surface area contributed by atoms with Crippen molar-refractivity contribution in [2.75, 3.05) is 0 Å². The van der Waals surface area contributed by atoms with E-state index in [9.17, 15) is 9.59 Å². The van der Waals surface area contributed by atoms with Crippen molar-refractivity contribution in [3.63, 3.8) is 0 Å². The summed E-state index contributed by atoms with van der Waals surface area (Å²) < 4.78 is 12.9. The molecule has 0 aliphatic carbocycles. The molecular weight excluding hydrogens is 112 g/mol. The van der Waals surface area contributed by atoms with Gasteiger partial charge in [-0.15, -0.1) is 0 Å². The Balaban J connectivity index is 4.67. The highest BCUT2D eigenvalue weighted by atomic mass is 16.4. The molecule has 0 bridgehead atoms. The van der Waals surface area contributed by atoms with Crippen molar-refractivity contribution in [1.29, 1.82) is 0 Å². The monoisotopic (exact) mass is 118 g/mol. The van der Waals surface area contributed by atoms with E-state index >= 15 is 0 Å². The van der Waals surface area contributed by atoms with Gasteiger partial charge in [-0.3, -0.25) is 0 Å². The number of rotatable bonds is 2. The van der Waals surface area contributed by atoms with Crippen LogP contribution in [0.3, 0.4) is 0 Å². The molecule has 0 heterocycles. The molecule has 0 aromatic carbocycles. The Morgan fingerprint density at radius 3 is 1.62 bits per heavy atom. The average Bonchev–Trinajstić information content (AvgIpc) is 1.84. The topological polar surface area (TPSA) is 74.6 Å². The summed E-state index contributed by atoms with van der Waals surface area (Å²) >= 11 is 0. The molecule has 0 spiro atoms. The van der Waals surface area contributed by atoms with Crippen LogP contribution in [0.15, 0.2) is 12.1 Å². The van der Waals surface area contributed by atoms with Gasteiger partial charge < -0.3 is 10.2 Å². The van der Waals surface area contributed by atoms with Crippen molar-refractivity contribution in [3.8, 4) is 0 Å². The predicted octanol–water partition coefficient (Wildman–Crippen LogP) is -0.288. The van der Waals surface area contributed by atoms with Crippen molar-refractivity contribution < 1.29 is 22.5 Å². The summed E-state index contributed by atoms with van der Waals surface area (Å²) in [6.07, 6.45) is 0. The fraction of sp³-hybridized carbons (Fsp3) is 0. The van der Waals surface area contributed by atoms with E-state index in [-0.39, 0.29) is 0 Å². The van der Waals surface area contributed by atoms with E-state index in [1.807, 2.05) is 0 Å². The zero-order valence-corrected chi connectivity index (χ0v) is 3.71. The third kappa shape index (κ3) is 4.68. The molecule has 4 heteroatoms. The zero-order valence-electron chi connectivity index (χ0n) is 5.71. The van der Waals surface area contributed by atoms with Crippen molar-refractivity contribution in [1.82, 2.24) is 0 Å². The largest absolute Gasteiger partial charge is 0.478 e. The molecule has 2 N–H and O–H groups in total. The van der Waals surface area contributed by atoms with Crippen LogP contribution in [0.5, 0.6) is 0 Å². The maximum Gasteiger partial charge on any atom is 0.328 e. The number of carboxylic acids is 2. The third-order valence-corrected chi connectivity index (χ3v) is 0.276. The van der Waals surface area contributed by atoms with Gasteiger partial charge in [-0.05, 0) is 0 Å². The molecule has 0 aliphatic rings. The van der Waals surface area contributed by atoms with E-state index in [2.05, 4.69) is 0 Å². The normalized spacial score (nSPS) is 15.5. The van der Waals surface area contributed by atoms with E-state index in [1.165, 1.54) is 0 Å². The van der Waals surface area contributed by atoms with Crippen LogP contribution in [0.25, 0.3) is 0 Å². The highest BCUT2D eigenvalue weighted by Crippen LogP contribution is 1.70. The fourth-order valence-electron chi connectivity index (χ4n) is 0.107. The van der Waals surface area contributed by atoms with Gasteiger partial charge >= 0.3 is 11.9 Å². The molecule has 0 aliphatic heterocycles. The van der Waals surface area contributed by atoms with Gasteiger partial charge in [-0.2, -0.15) is 0 Å². The summed E-state index contributed by atoms with van der Waals surface area (Å²) in [6.45, 7) is 0. The lowest BCUT2D eigenvalue weighted by Crippen LogP contribution is -1.91. The van der Waals surface area contributed by atoms with Gasteiger partial charge in [-0.25, -0.2) is 9.59 Å². The molecular formula is C4H4O4. The molecule has 0 aromatic rings. The van der Waals surface area contributed by atoms with E-state index in [0.29, 0.717) is 0 Å². The van der Waals surface area contributed by atoms with E-state index in [0.717, 1.165) is 0 Å². The quantitative estimate of drug-likeness (QED) is 0.488. The average molecular weight is 118 g/mol. The summed E-state index contributed by atoms with van der Waals surface area (Å²) in [5.74, 6) is -3.43. The molecule has 0 unspecified atom stereocenters. The van der Waals surface area contributed by atoms with Crippen LogP contribution >= 0.6 is 0 Å². The van der Waals surface area contributed by atoms with Crippen LogP contribution < -0.4 is 0 Å². The van der Waals surface area contributed by atoms with Gasteiger partial charge in [0.25, 0.3) is 0 Å². The van der Waals surface area contributed by atoms with Crippen molar-refractivity contribution in [3.05, 3.63) is 12.1 Å². The Kier molecular flexibility index (Phi) is 1.27. The first-order valence-corrected chi connectivity index (χ1v) is 1.61. The Morgan fingerprint density at radius 1 is 1.25 bits per heavy atom. The lowest BCUT2D eigenvalue weighted by atomic mass is 10.5. The first-order valence-electron chi connectivity index (χ1n) is 2.61. The number of aliphatic carboxylic acids is 2. The molecule has 8 heavy (non-hydrogen) atoms. The van der Waals surface area contributed by atoms with Crippen molar-refractivity contribution in [2.45, 2.75) is 0 Å². The smallest absolute Gasteiger partial charge is 0.328 e. The van der Waals surface area contributed by atoms with Gasteiger partial charge in [0.1, 0.15) is 0 Å². The van der Waals surface area contributed by atoms with Gasteiger partial charge in [0.15, 0.2) is 0 Å². The summed E-state index contributed by atoms with van der Waals surface area (Å²) in [6, 6.07) is -2.43. The van der Waals surface area contributed by atoms with E-state index < -0.39 is 24.0 Å². The third-order valence-electron chi connectivity index (χ3n) is 0.276. The molecule has 0 fully saturated rings. The highest BCUT2D eigenvalue weighted by Gasteiger charge is 1.88. The van der Waals surface area contributed by atoms with E-state index in [4.69, 9.17) is 13.0 Å². The minimum Gasteiger partial charge on any atom is -0.478 e. The van der Waals surface area contributed by atoms with Crippen LogP contribution in [0.1, 0.15) is 2.74 Å². The Bertz CT molecular complexity index is 185. The molecule has 0 radical (unpaired) electrons. The molecule has 44 valence electrons. The summed E-state index contributed by atoms with van der Waals surface area (Å²) in [7, 11) is 0. The van der Waals surface area contributed by atoms with Crippen LogP contribution in [0.2, 0.25) is 0 Å². The second-order valence-electron chi connectivity index (χ2n) is 0.860. The van der Waals surface area contributed by atoms with Gasteiger partial charge in [0.2, 0.25) is 0 Å². The summed E-state index contributed by atoms with van der Waals surface area (Å²) in [5, 5.41) is 15.9. The number of hydrogen-bond donors (Lipinski definition) is 2.